The molecule has 2 aromatic rings. The first-order valence-corrected chi connectivity index (χ1v) is 7.43. The number of rotatable bonds is 5. The summed E-state index contributed by atoms with van der Waals surface area (Å²) in [7, 11) is 1.57. The van der Waals surface area contributed by atoms with Gasteiger partial charge in [0.2, 0.25) is 5.88 Å². The molecule has 0 saturated heterocycles. The molecule has 21 heavy (non-hydrogen) atoms. The molecule has 2 aromatic heterocycles. The Bertz CT molecular complexity index is 574. The van der Waals surface area contributed by atoms with Crippen LogP contribution in [-0.2, 0) is 6.42 Å². The molecule has 1 atom stereocenters. The van der Waals surface area contributed by atoms with Crippen LogP contribution in [0.15, 0.2) is 24.4 Å². The second-order valence-corrected chi connectivity index (χ2v) is 5.54. The van der Waals surface area contributed by atoms with E-state index in [1.807, 2.05) is 6.07 Å². The van der Waals surface area contributed by atoms with Crippen molar-refractivity contribution in [3.8, 4) is 5.88 Å². The molecule has 6 heteroatoms. The smallest absolute Gasteiger partial charge is 0.233 e. The molecule has 0 radical (unpaired) electrons. The van der Waals surface area contributed by atoms with Crippen molar-refractivity contribution in [3.63, 3.8) is 0 Å². The zero-order chi connectivity index (χ0) is 14.7. The number of nitrogens with zero attached hydrogens (tertiary/aromatic N) is 4. The molecule has 1 fully saturated rings. The van der Waals surface area contributed by atoms with Gasteiger partial charge < -0.3 is 10.5 Å². The van der Waals surface area contributed by atoms with E-state index in [1.165, 1.54) is 25.7 Å². The fraction of sp³-hybridized carbons (Fsp3) is 0.533. The molecule has 6 nitrogen and oxygen atoms in total. The third-order valence-corrected chi connectivity index (χ3v) is 4.04. The van der Waals surface area contributed by atoms with Gasteiger partial charge in [0.15, 0.2) is 0 Å². The Kier molecular flexibility index (Phi) is 4.15. The number of hydrogen-bond donors (Lipinski definition) is 1. The van der Waals surface area contributed by atoms with E-state index >= 15 is 0 Å². The average Bonchev–Trinajstić information content (AvgIpc) is 3.18. The molecule has 2 N–H and O–H groups in total. The summed E-state index contributed by atoms with van der Waals surface area (Å²) in [6.45, 7) is 0. The maximum atomic E-state index is 6.19. The van der Waals surface area contributed by atoms with Gasteiger partial charge in [-0.15, -0.1) is 5.10 Å². The Morgan fingerprint density at radius 1 is 1.29 bits per heavy atom. The molecular formula is C15H21N5O. The fourth-order valence-corrected chi connectivity index (χ4v) is 2.83. The van der Waals surface area contributed by atoms with Crippen molar-refractivity contribution in [2.75, 3.05) is 7.11 Å². The lowest BCUT2D eigenvalue weighted by atomic mass is 10.1. The first-order chi connectivity index (χ1) is 10.3. The summed E-state index contributed by atoms with van der Waals surface area (Å²) < 4.78 is 7.09. The first kappa shape index (κ1) is 14.0. The van der Waals surface area contributed by atoms with Gasteiger partial charge in [-0.05, 0) is 25.0 Å². The molecule has 0 aromatic carbocycles. The molecular weight excluding hydrogens is 266 g/mol. The molecule has 1 unspecified atom stereocenters. The van der Waals surface area contributed by atoms with Crippen molar-refractivity contribution in [3.05, 3.63) is 35.8 Å². The summed E-state index contributed by atoms with van der Waals surface area (Å²) in [4.78, 5) is 0. The van der Waals surface area contributed by atoms with E-state index in [-0.39, 0.29) is 6.04 Å². The highest BCUT2D eigenvalue weighted by atomic mass is 16.5. The summed E-state index contributed by atoms with van der Waals surface area (Å²) in [5, 5.41) is 12.7. The number of hydrogen-bond acceptors (Lipinski definition) is 5. The molecule has 0 aliphatic heterocycles. The zero-order valence-electron chi connectivity index (χ0n) is 12.3. The Morgan fingerprint density at radius 2 is 2.10 bits per heavy atom. The highest BCUT2D eigenvalue weighted by Crippen LogP contribution is 2.29. The highest BCUT2D eigenvalue weighted by molar-refractivity contribution is 5.15. The van der Waals surface area contributed by atoms with Gasteiger partial charge in [0.1, 0.15) is 0 Å². The summed E-state index contributed by atoms with van der Waals surface area (Å²) in [5.74, 6) is 0.497. The number of nitrogens with two attached hydrogens (primary N) is 1. The molecule has 1 aliphatic carbocycles. The maximum absolute atomic E-state index is 6.19. The van der Waals surface area contributed by atoms with Gasteiger partial charge in [0.25, 0.3) is 0 Å². The summed E-state index contributed by atoms with van der Waals surface area (Å²) in [6, 6.07) is 6.05. The minimum atomic E-state index is -0.199. The van der Waals surface area contributed by atoms with Crippen LogP contribution in [0.2, 0.25) is 0 Å². The Hall–Kier alpha value is -1.95. The van der Waals surface area contributed by atoms with Crippen LogP contribution in [0.1, 0.15) is 49.2 Å². The van der Waals surface area contributed by atoms with Crippen molar-refractivity contribution in [2.24, 2.45) is 5.73 Å². The fourth-order valence-electron chi connectivity index (χ4n) is 2.83. The van der Waals surface area contributed by atoms with Crippen molar-refractivity contribution < 1.29 is 4.74 Å². The molecule has 1 aliphatic rings. The number of methoxy groups -OCH3 is 1. The normalized spacial score (nSPS) is 17.0. The second-order valence-electron chi connectivity index (χ2n) is 5.54. The van der Waals surface area contributed by atoms with E-state index in [1.54, 1.807) is 13.2 Å². The largest absolute Gasteiger partial charge is 0.480 e. The van der Waals surface area contributed by atoms with Crippen LogP contribution in [0.5, 0.6) is 5.88 Å². The molecule has 2 heterocycles. The number of ether oxygens (including phenoxy) is 1. The van der Waals surface area contributed by atoms with Crippen LogP contribution in [0, 0.1) is 0 Å². The van der Waals surface area contributed by atoms with Gasteiger partial charge in [0.05, 0.1) is 30.6 Å². The Balaban J connectivity index is 1.64. The quantitative estimate of drug-likeness (QED) is 0.910. The monoisotopic (exact) mass is 287 g/mol. The summed E-state index contributed by atoms with van der Waals surface area (Å²) in [5.41, 5.74) is 7.95. The summed E-state index contributed by atoms with van der Waals surface area (Å²) in [6.07, 6.45) is 7.81. The molecule has 112 valence electrons. The van der Waals surface area contributed by atoms with Crippen LogP contribution < -0.4 is 10.5 Å². The predicted octanol–water partition coefficient (Wildman–Crippen LogP) is 2.04. The van der Waals surface area contributed by atoms with Crippen molar-refractivity contribution in [1.82, 2.24) is 20.0 Å². The third-order valence-electron chi connectivity index (χ3n) is 4.04. The van der Waals surface area contributed by atoms with Gasteiger partial charge in [-0.1, -0.05) is 12.8 Å². The van der Waals surface area contributed by atoms with Crippen LogP contribution >= 0.6 is 0 Å². The Labute approximate surface area is 124 Å². The van der Waals surface area contributed by atoms with Crippen LogP contribution in [-0.4, -0.2) is 27.1 Å². The second kappa shape index (κ2) is 6.22. The lowest BCUT2D eigenvalue weighted by Crippen LogP contribution is -2.16. The highest BCUT2D eigenvalue weighted by Gasteiger charge is 2.18. The minimum Gasteiger partial charge on any atom is -0.480 e. The Morgan fingerprint density at radius 3 is 2.76 bits per heavy atom. The lowest BCUT2D eigenvalue weighted by Gasteiger charge is -2.10. The molecule has 0 bridgehead atoms. The van der Waals surface area contributed by atoms with E-state index in [2.05, 4.69) is 32.2 Å². The molecule has 3 rings (SSSR count). The lowest BCUT2D eigenvalue weighted by molar-refractivity contribution is 0.390. The van der Waals surface area contributed by atoms with Crippen molar-refractivity contribution in [1.29, 1.82) is 0 Å². The van der Waals surface area contributed by atoms with Crippen molar-refractivity contribution in [2.45, 2.75) is 44.2 Å². The van der Waals surface area contributed by atoms with Gasteiger partial charge in [0, 0.05) is 18.7 Å². The molecule has 0 spiro atoms. The summed E-state index contributed by atoms with van der Waals surface area (Å²) >= 11 is 0. The van der Waals surface area contributed by atoms with Gasteiger partial charge in [-0.2, -0.15) is 10.2 Å². The molecule has 1 saturated carbocycles. The topological polar surface area (TPSA) is 78.9 Å². The van der Waals surface area contributed by atoms with Crippen LogP contribution in [0.4, 0.5) is 0 Å². The SMILES string of the molecule is COc1ccc(C(N)Cc2ccn(C3CCCC3)n2)nn1. The van der Waals surface area contributed by atoms with Crippen LogP contribution in [0.3, 0.4) is 0 Å². The average molecular weight is 287 g/mol. The van der Waals surface area contributed by atoms with E-state index in [0.29, 0.717) is 18.3 Å². The van der Waals surface area contributed by atoms with E-state index in [9.17, 15) is 0 Å². The van der Waals surface area contributed by atoms with Crippen LogP contribution in [0.25, 0.3) is 0 Å². The standard InChI is InChI=1S/C15H21N5O/c1-21-15-7-6-14(17-18-15)13(16)10-11-8-9-20(19-11)12-4-2-3-5-12/h6-9,12-13H,2-5,10,16H2,1H3. The van der Waals surface area contributed by atoms with Gasteiger partial charge in [-0.3, -0.25) is 4.68 Å². The van der Waals surface area contributed by atoms with E-state index in [4.69, 9.17) is 10.5 Å². The third kappa shape index (κ3) is 3.21. The van der Waals surface area contributed by atoms with E-state index in [0.717, 1.165) is 11.4 Å². The minimum absolute atomic E-state index is 0.199. The first-order valence-electron chi connectivity index (χ1n) is 7.43. The van der Waals surface area contributed by atoms with E-state index < -0.39 is 0 Å². The maximum Gasteiger partial charge on any atom is 0.233 e. The van der Waals surface area contributed by atoms with Crippen molar-refractivity contribution >= 4 is 0 Å². The molecule has 0 amide bonds. The predicted molar refractivity (Wildman–Crippen MR) is 78.9 cm³/mol. The van der Waals surface area contributed by atoms with Gasteiger partial charge >= 0.3 is 0 Å². The number of aromatic nitrogens is 4. The van der Waals surface area contributed by atoms with Gasteiger partial charge in [-0.25, -0.2) is 0 Å². The zero-order valence-corrected chi connectivity index (χ0v) is 12.3.